The van der Waals surface area contributed by atoms with Crippen molar-refractivity contribution in [2.45, 2.75) is 25.4 Å². The molecule has 0 saturated carbocycles. The maximum atomic E-state index is 6.22. The summed E-state index contributed by atoms with van der Waals surface area (Å²) >= 11 is 11.9. The van der Waals surface area contributed by atoms with Crippen LogP contribution in [0.4, 0.5) is 0 Å². The molecule has 1 aromatic rings. The van der Waals surface area contributed by atoms with Crippen molar-refractivity contribution in [2.75, 3.05) is 26.2 Å². The Hall–Kier alpha value is -0.320. The van der Waals surface area contributed by atoms with Crippen LogP contribution in [0.3, 0.4) is 0 Å². The van der Waals surface area contributed by atoms with Crippen molar-refractivity contribution in [3.63, 3.8) is 0 Å². The largest absolute Gasteiger partial charge is 0.316 e. The summed E-state index contributed by atoms with van der Waals surface area (Å²) < 4.78 is 0. The van der Waals surface area contributed by atoms with Crippen molar-refractivity contribution < 1.29 is 0 Å². The number of hydrogen-bond donors (Lipinski definition) is 2. The van der Waals surface area contributed by atoms with E-state index in [9.17, 15) is 0 Å². The SMILES string of the molecule is NC(CCCc1ccc(Cl)c(Cl)c1)N1CCNCC1. The molecular formula is C14H21Cl2N3. The Labute approximate surface area is 125 Å². The summed E-state index contributed by atoms with van der Waals surface area (Å²) in [5, 5.41) is 4.58. The Morgan fingerprint density at radius 3 is 2.63 bits per heavy atom. The second-order valence-corrected chi connectivity index (χ2v) is 5.81. The summed E-state index contributed by atoms with van der Waals surface area (Å²) in [4.78, 5) is 2.35. The minimum atomic E-state index is 0.171. The number of hydrogen-bond acceptors (Lipinski definition) is 3. The Kier molecular flexibility index (Phi) is 5.92. The van der Waals surface area contributed by atoms with E-state index in [0.717, 1.165) is 45.4 Å². The van der Waals surface area contributed by atoms with Gasteiger partial charge in [0.15, 0.2) is 0 Å². The molecule has 0 bridgehead atoms. The molecule has 1 unspecified atom stereocenters. The van der Waals surface area contributed by atoms with E-state index in [4.69, 9.17) is 28.9 Å². The summed E-state index contributed by atoms with van der Waals surface area (Å²) in [6, 6.07) is 5.83. The van der Waals surface area contributed by atoms with E-state index >= 15 is 0 Å². The molecule has 0 aromatic heterocycles. The van der Waals surface area contributed by atoms with E-state index in [1.54, 1.807) is 0 Å². The van der Waals surface area contributed by atoms with Gasteiger partial charge in [-0.05, 0) is 37.0 Å². The van der Waals surface area contributed by atoms with Gasteiger partial charge in [0.1, 0.15) is 0 Å². The van der Waals surface area contributed by atoms with Gasteiger partial charge in [-0.3, -0.25) is 4.90 Å². The lowest BCUT2D eigenvalue weighted by molar-refractivity contribution is 0.166. The van der Waals surface area contributed by atoms with Crippen molar-refractivity contribution in [1.82, 2.24) is 10.2 Å². The average molecular weight is 302 g/mol. The van der Waals surface area contributed by atoms with Crippen LogP contribution in [-0.4, -0.2) is 37.2 Å². The molecule has 1 fully saturated rings. The molecule has 0 radical (unpaired) electrons. The summed E-state index contributed by atoms with van der Waals surface area (Å²) in [5.41, 5.74) is 7.44. The number of nitrogens with one attached hydrogen (secondary N) is 1. The van der Waals surface area contributed by atoms with Crippen molar-refractivity contribution >= 4 is 23.2 Å². The minimum Gasteiger partial charge on any atom is -0.316 e. The second-order valence-electron chi connectivity index (χ2n) is 4.99. The highest BCUT2D eigenvalue weighted by Crippen LogP contribution is 2.23. The molecule has 3 N–H and O–H groups in total. The zero-order valence-corrected chi connectivity index (χ0v) is 12.6. The Morgan fingerprint density at radius 2 is 1.95 bits per heavy atom. The normalized spacial score (nSPS) is 18.5. The molecule has 2 rings (SSSR count). The zero-order chi connectivity index (χ0) is 13.7. The van der Waals surface area contributed by atoms with Crippen LogP contribution in [-0.2, 0) is 6.42 Å². The van der Waals surface area contributed by atoms with Gasteiger partial charge >= 0.3 is 0 Å². The minimum absolute atomic E-state index is 0.171. The quantitative estimate of drug-likeness (QED) is 0.878. The highest BCUT2D eigenvalue weighted by atomic mass is 35.5. The van der Waals surface area contributed by atoms with Crippen molar-refractivity contribution in [3.05, 3.63) is 33.8 Å². The van der Waals surface area contributed by atoms with Crippen LogP contribution in [0.2, 0.25) is 10.0 Å². The topological polar surface area (TPSA) is 41.3 Å². The predicted octanol–water partition coefficient (Wildman–Crippen LogP) is 2.51. The van der Waals surface area contributed by atoms with Crippen molar-refractivity contribution in [2.24, 2.45) is 5.73 Å². The molecule has 1 heterocycles. The van der Waals surface area contributed by atoms with Gasteiger partial charge in [-0.15, -0.1) is 0 Å². The summed E-state index contributed by atoms with van der Waals surface area (Å²) in [6.07, 6.45) is 3.25. The molecular weight excluding hydrogens is 281 g/mol. The van der Waals surface area contributed by atoms with E-state index in [0.29, 0.717) is 10.0 Å². The number of rotatable bonds is 5. The van der Waals surface area contributed by atoms with E-state index in [2.05, 4.69) is 10.2 Å². The molecule has 0 aliphatic carbocycles. The van der Waals surface area contributed by atoms with E-state index in [1.807, 2.05) is 18.2 Å². The first kappa shape index (κ1) is 15.1. The molecule has 1 aliphatic rings. The summed E-state index contributed by atoms with van der Waals surface area (Å²) in [6.45, 7) is 4.18. The van der Waals surface area contributed by atoms with Gasteiger partial charge in [0.2, 0.25) is 0 Å². The number of halogens is 2. The number of aryl methyl sites for hydroxylation is 1. The second kappa shape index (κ2) is 7.46. The van der Waals surface area contributed by atoms with Crippen LogP contribution in [0.5, 0.6) is 0 Å². The van der Waals surface area contributed by atoms with E-state index in [1.165, 1.54) is 5.56 Å². The third kappa shape index (κ3) is 4.62. The number of piperazine rings is 1. The molecule has 0 amide bonds. The molecule has 1 saturated heterocycles. The van der Waals surface area contributed by atoms with Gasteiger partial charge in [0.05, 0.1) is 16.2 Å². The van der Waals surface area contributed by atoms with E-state index in [-0.39, 0.29) is 6.17 Å². The van der Waals surface area contributed by atoms with Gasteiger partial charge in [-0.1, -0.05) is 29.3 Å². The monoisotopic (exact) mass is 301 g/mol. The lowest BCUT2D eigenvalue weighted by Crippen LogP contribution is -2.51. The molecule has 1 aliphatic heterocycles. The Bertz CT molecular complexity index is 406. The fourth-order valence-electron chi connectivity index (χ4n) is 2.41. The van der Waals surface area contributed by atoms with Crippen LogP contribution >= 0.6 is 23.2 Å². The predicted molar refractivity (Wildman–Crippen MR) is 81.8 cm³/mol. The van der Waals surface area contributed by atoms with Crippen LogP contribution < -0.4 is 11.1 Å². The molecule has 5 heteroatoms. The number of nitrogens with two attached hydrogens (primary N) is 1. The van der Waals surface area contributed by atoms with Gasteiger partial charge in [0, 0.05) is 26.2 Å². The first-order valence-electron chi connectivity index (χ1n) is 6.81. The number of nitrogens with zero attached hydrogens (tertiary/aromatic N) is 1. The summed E-state index contributed by atoms with van der Waals surface area (Å²) in [7, 11) is 0. The van der Waals surface area contributed by atoms with E-state index < -0.39 is 0 Å². The van der Waals surface area contributed by atoms with Crippen molar-refractivity contribution in [1.29, 1.82) is 0 Å². The van der Waals surface area contributed by atoms with Gasteiger partial charge < -0.3 is 11.1 Å². The highest BCUT2D eigenvalue weighted by Gasteiger charge is 2.16. The first-order chi connectivity index (χ1) is 9.16. The molecule has 106 valence electrons. The van der Waals surface area contributed by atoms with Crippen LogP contribution in [0.1, 0.15) is 18.4 Å². The lowest BCUT2D eigenvalue weighted by Gasteiger charge is -2.32. The Balaban J connectivity index is 1.74. The lowest BCUT2D eigenvalue weighted by atomic mass is 10.1. The zero-order valence-electron chi connectivity index (χ0n) is 11.0. The molecule has 19 heavy (non-hydrogen) atoms. The fourth-order valence-corrected chi connectivity index (χ4v) is 2.73. The molecule has 1 aromatic carbocycles. The Morgan fingerprint density at radius 1 is 1.21 bits per heavy atom. The van der Waals surface area contributed by atoms with Crippen LogP contribution in [0, 0.1) is 0 Å². The fraction of sp³-hybridized carbons (Fsp3) is 0.571. The third-order valence-electron chi connectivity index (χ3n) is 3.57. The molecule has 1 atom stereocenters. The average Bonchev–Trinajstić information content (AvgIpc) is 2.43. The maximum Gasteiger partial charge on any atom is 0.0595 e. The van der Waals surface area contributed by atoms with Crippen molar-refractivity contribution in [3.8, 4) is 0 Å². The van der Waals surface area contributed by atoms with Gasteiger partial charge in [-0.2, -0.15) is 0 Å². The first-order valence-corrected chi connectivity index (χ1v) is 7.56. The van der Waals surface area contributed by atoms with Crippen LogP contribution in [0.15, 0.2) is 18.2 Å². The van der Waals surface area contributed by atoms with Crippen LogP contribution in [0.25, 0.3) is 0 Å². The smallest absolute Gasteiger partial charge is 0.0595 e. The summed E-state index contributed by atoms with van der Waals surface area (Å²) in [5.74, 6) is 0. The maximum absolute atomic E-state index is 6.22. The van der Waals surface area contributed by atoms with Gasteiger partial charge in [0.25, 0.3) is 0 Å². The highest BCUT2D eigenvalue weighted by molar-refractivity contribution is 6.42. The van der Waals surface area contributed by atoms with Gasteiger partial charge in [-0.25, -0.2) is 0 Å². The number of benzene rings is 1. The molecule has 0 spiro atoms. The third-order valence-corrected chi connectivity index (χ3v) is 4.31. The molecule has 3 nitrogen and oxygen atoms in total. The standard InChI is InChI=1S/C14H21Cl2N3/c15-12-5-4-11(10-13(12)16)2-1-3-14(17)19-8-6-18-7-9-19/h4-5,10,14,18H,1-3,6-9,17H2.